The molecule has 0 saturated carbocycles. The first-order valence-electron chi connectivity index (χ1n) is 6.19. The SMILES string of the molecule is COc1cc(C)cc(C)c1C(=O)c1ccc(N)c(Cl)c1. The Morgan fingerprint density at radius 1 is 1.20 bits per heavy atom. The van der Waals surface area contributed by atoms with Crippen LogP contribution >= 0.6 is 11.6 Å². The zero-order valence-corrected chi connectivity index (χ0v) is 12.4. The number of hydrogen-bond acceptors (Lipinski definition) is 3. The molecule has 2 rings (SSSR count). The third-order valence-corrected chi connectivity index (χ3v) is 3.48. The fourth-order valence-electron chi connectivity index (χ4n) is 2.19. The van der Waals surface area contributed by atoms with Gasteiger partial charge in [-0.3, -0.25) is 4.79 Å². The second-order valence-electron chi connectivity index (χ2n) is 4.72. The molecule has 0 heterocycles. The molecule has 0 bridgehead atoms. The number of ketones is 1. The molecule has 2 aromatic carbocycles. The summed E-state index contributed by atoms with van der Waals surface area (Å²) in [7, 11) is 1.56. The number of hydrogen-bond donors (Lipinski definition) is 1. The van der Waals surface area contributed by atoms with Crippen molar-refractivity contribution in [3.05, 3.63) is 57.6 Å². The van der Waals surface area contributed by atoms with Crippen LogP contribution in [0.15, 0.2) is 30.3 Å². The topological polar surface area (TPSA) is 52.3 Å². The maximum absolute atomic E-state index is 12.6. The monoisotopic (exact) mass is 289 g/mol. The minimum absolute atomic E-state index is 0.124. The highest BCUT2D eigenvalue weighted by Gasteiger charge is 2.18. The van der Waals surface area contributed by atoms with Crippen molar-refractivity contribution in [3.63, 3.8) is 0 Å². The summed E-state index contributed by atoms with van der Waals surface area (Å²) in [6.45, 7) is 3.85. The summed E-state index contributed by atoms with van der Waals surface area (Å²) in [5, 5.41) is 0.375. The summed E-state index contributed by atoms with van der Waals surface area (Å²) in [4.78, 5) is 12.6. The van der Waals surface area contributed by atoms with E-state index in [1.807, 2.05) is 26.0 Å². The van der Waals surface area contributed by atoms with Gasteiger partial charge in [0, 0.05) is 5.56 Å². The molecule has 0 aliphatic carbocycles. The standard InChI is InChI=1S/C16H16ClNO2/c1-9-6-10(2)15(14(7-9)20-3)16(19)11-4-5-13(18)12(17)8-11/h4-8H,18H2,1-3H3. The highest BCUT2D eigenvalue weighted by atomic mass is 35.5. The van der Waals surface area contributed by atoms with Crippen LogP contribution in [-0.2, 0) is 0 Å². The fraction of sp³-hybridized carbons (Fsp3) is 0.188. The Morgan fingerprint density at radius 2 is 1.90 bits per heavy atom. The number of anilines is 1. The summed E-state index contributed by atoms with van der Waals surface area (Å²) in [6, 6.07) is 8.68. The van der Waals surface area contributed by atoms with Crippen molar-refractivity contribution in [2.45, 2.75) is 13.8 Å². The van der Waals surface area contributed by atoms with E-state index in [1.165, 1.54) is 0 Å². The highest BCUT2D eigenvalue weighted by molar-refractivity contribution is 6.33. The van der Waals surface area contributed by atoms with E-state index in [0.717, 1.165) is 11.1 Å². The molecule has 2 N–H and O–H groups in total. The second-order valence-corrected chi connectivity index (χ2v) is 5.13. The van der Waals surface area contributed by atoms with Crippen molar-refractivity contribution in [2.75, 3.05) is 12.8 Å². The molecular formula is C16H16ClNO2. The van der Waals surface area contributed by atoms with Crippen molar-refractivity contribution < 1.29 is 9.53 Å². The molecule has 0 fully saturated rings. The Morgan fingerprint density at radius 3 is 2.50 bits per heavy atom. The van der Waals surface area contributed by atoms with Gasteiger partial charge < -0.3 is 10.5 Å². The van der Waals surface area contributed by atoms with Crippen LogP contribution in [0.2, 0.25) is 5.02 Å². The van der Waals surface area contributed by atoms with E-state index in [9.17, 15) is 4.79 Å². The van der Waals surface area contributed by atoms with Gasteiger partial charge in [0.1, 0.15) is 5.75 Å². The van der Waals surface area contributed by atoms with Crippen molar-refractivity contribution in [1.82, 2.24) is 0 Å². The van der Waals surface area contributed by atoms with Gasteiger partial charge in [-0.05, 0) is 49.2 Å². The van der Waals surface area contributed by atoms with Gasteiger partial charge >= 0.3 is 0 Å². The van der Waals surface area contributed by atoms with Crippen LogP contribution in [0.3, 0.4) is 0 Å². The molecule has 104 valence electrons. The first-order valence-corrected chi connectivity index (χ1v) is 6.56. The molecular weight excluding hydrogens is 274 g/mol. The predicted octanol–water partition coefficient (Wildman–Crippen LogP) is 3.78. The largest absolute Gasteiger partial charge is 0.496 e. The van der Waals surface area contributed by atoms with E-state index in [0.29, 0.717) is 27.6 Å². The maximum atomic E-state index is 12.6. The Bertz CT molecular complexity index is 680. The molecule has 0 atom stereocenters. The number of nitrogens with two attached hydrogens (primary N) is 1. The molecule has 2 aromatic rings. The summed E-state index contributed by atoms with van der Waals surface area (Å²) in [5.41, 5.74) is 9.09. The first-order chi connectivity index (χ1) is 9.43. The van der Waals surface area contributed by atoms with E-state index in [1.54, 1.807) is 25.3 Å². The Hall–Kier alpha value is -2.00. The zero-order valence-electron chi connectivity index (χ0n) is 11.7. The lowest BCUT2D eigenvalue weighted by molar-refractivity contribution is 0.103. The summed E-state index contributed by atoms with van der Waals surface area (Å²) < 4.78 is 5.33. The van der Waals surface area contributed by atoms with Gasteiger partial charge in [-0.25, -0.2) is 0 Å². The van der Waals surface area contributed by atoms with Crippen molar-refractivity contribution in [3.8, 4) is 5.75 Å². The second kappa shape index (κ2) is 5.55. The Labute approximate surface area is 123 Å². The third-order valence-electron chi connectivity index (χ3n) is 3.15. The van der Waals surface area contributed by atoms with Crippen LogP contribution in [0, 0.1) is 13.8 Å². The van der Waals surface area contributed by atoms with Crippen molar-refractivity contribution >= 4 is 23.1 Å². The smallest absolute Gasteiger partial charge is 0.197 e. The maximum Gasteiger partial charge on any atom is 0.197 e. The summed E-state index contributed by atoms with van der Waals surface area (Å²) >= 11 is 5.98. The Kier molecular flexibility index (Phi) is 4.00. The van der Waals surface area contributed by atoms with E-state index in [-0.39, 0.29) is 5.78 Å². The molecule has 0 aliphatic rings. The van der Waals surface area contributed by atoms with Crippen LogP contribution in [0.4, 0.5) is 5.69 Å². The van der Waals surface area contributed by atoms with Gasteiger partial charge in [0.05, 0.1) is 23.4 Å². The quantitative estimate of drug-likeness (QED) is 0.691. The number of methoxy groups -OCH3 is 1. The number of carbonyl (C=O) groups excluding carboxylic acids is 1. The summed E-state index contributed by atoms with van der Waals surface area (Å²) in [6.07, 6.45) is 0. The normalized spacial score (nSPS) is 10.4. The van der Waals surface area contributed by atoms with E-state index < -0.39 is 0 Å². The molecule has 0 aliphatic heterocycles. The van der Waals surface area contributed by atoms with Crippen molar-refractivity contribution in [2.24, 2.45) is 0 Å². The number of carbonyl (C=O) groups is 1. The average Bonchev–Trinajstić information content (AvgIpc) is 2.40. The molecule has 0 spiro atoms. The van der Waals surface area contributed by atoms with Gasteiger partial charge in [-0.2, -0.15) is 0 Å². The Balaban J connectivity index is 2.55. The number of halogens is 1. The van der Waals surface area contributed by atoms with Crippen molar-refractivity contribution in [1.29, 1.82) is 0 Å². The molecule has 3 nitrogen and oxygen atoms in total. The minimum Gasteiger partial charge on any atom is -0.496 e. The lowest BCUT2D eigenvalue weighted by Crippen LogP contribution is -2.07. The van der Waals surface area contributed by atoms with Crippen LogP contribution in [0.5, 0.6) is 5.75 Å². The summed E-state index contributed by atoms with van der Waals surface area (Å²) in [5.74, 6) is 0.446. The molecule has 0 saturated heterocycles. The number of nitrogen functional groups attached to an aromatic ring is 1. The lowest BCUT2D eigenvalue weighted by atomic mass is 9.96. The van der Waals surface area contributed by atoms with E-state index in [4.69, 9.17) is 22.1 Å². The van der Waals surface area contributed by atoms with Crippen LogP contribution < -0.4 is 10.5 Å². The number of ether oxygens (including phenoxy) is 1. The fourth-order valence-corrected chi connectivity index (χ4v) is 2.37. The van der Waals surface area contributed by atoms with Gasteiger partial charge in [-0.1, -0.05) is 17.7 Å². The molecule has 0 aromatic heterocycles. The number of rotatable bonds is 3. The average molecular weight is 290 g/mol. The van der Waals surface area contributed by atoms with Gasteiger partial charge in [-0.15, -0.1) is 0 Å². The number of aryl methyl sites for hydroxylation is 2. The van der Waals surface area contributed by atoms with Crippen LogP contribution in [-0.4, -0.2) is 12.9 Å². The van der Waals surface area contributed by atoms with E-state index >= 15 is 0 Å². The molecule has 0 radical (unpaired) electrons. The molecule has 4 heteroatoms. The predicted molar refractivity (Wildman–Crippen MR) is 81.8 cm³/mol. The van der Waals surface area contributed by atoms with Gasteiger partial charge in [0.15, 0.2) is 5.78 Å². The highest BCUT2D eigenvalue weighted by Crippen LogP contribution is 2.28. The first kappa shape index (κ1) is 14.4. The minimum atomic E-state index is -0.124. The van der Waals surface area contributed by atoms with Crippen LogP contribution in [0.1, 0.15) is 27.0 Å². The van der Waals surface area contributed by atoms with Gasteiger partial charge in [0.25, 0.3) is 0 Å². The van der Waals surface area contributed by atoms with E-state index in [2.05, 4.69) is 0 Å². The molecule has 0 amide bonds. The number of benzene rings is 2. The van der Waals surface area contributed by atoms with Crippen LogP contribution in [0.25, 0.3) is 0 Å². The third kappa shape index (κ3) is 2.63. The molecule has 20 heavy (non-hydrogen) atoms. The lowest BCUT2D eigenvalue weighted by Gasteiger charge is -2.12. The molecule has 0 unspecified atom stereocenters. The zero-order chi connectivity index (χ0) is 14.9. The van der Waals surface area contributed by atoms with Gasteiger partial charge in [0.2, 0.25) is 0 Å².